The number of nitrogens with one attached hydrogen (secondary N) is 1. The Balaban J connectivity index is 1.38. The van der Waals surface area contributed by atoms with Crippen LogP contribution >= 0.6 is 0 Å². The number of fused-ring (bicyclic) bond motifs is 1. The highest BCUT2D eigenvalue weighted by Gasteiger charge is 2.42. The first-order valence-corrected chi connectivity index (χ1v) is 9.31. The summed E-state index contributed by atoms with van der Waals surface area (Å²) in [6.45, 7) is 1.57. The maximum atomic E-state index is 12.6. The van der Waals surface area contributed by atoms with Gasteiger partial charge in [-0.2, -0.15) is 0 Å². The molecule has 7 heteroatoms. The molecular formula is C21H24N2O5. The fraction of sp³-hybridized carbons (Fsp3) is 0.381. The smallest absolute Gasteiger partial charge is 0.321 e. The Kier molecular flexibility index (Phi) is 5.00. The molecule has 0 atom stereocenters. The SMILES string of the molecule is COc1ccc(NC(=O)N2CCC3(CC2)OCc2cccc(OC)c2O3)cc1. The van der Waals surface area contributed by atoms with E-state index in [9.17, 15) is 4.79 Å². The molecule has 28 heavy (non-hydrogen) atoms. The van der Waals surface area contributed by atoms with E-state index in [2.05, 4.69) is 5.32 Å². The summed E-state index contributed by atoms with van der Waals surface area (Å²) >= 11 is 0. The lowest BCUT2D eigenvalue weighted by atomic mass is 10.0. The molecule has 0 radical (unpaired) electrons. The number of piperidine rings is 1. The summed E-state index contributed by atoms with van der Waals surface area (Å²) < 4.78 is 22.8. The van der Waals surface area contributed by atoms with E-state index >= 15 is 0 Å². The van der Waals surface area contributed by atoms with Crippen molar-refractivity contribution in [2.45, 2.75) is 25.2 Å². The second kappa shape index (κ2) is 7.59. The molecule has 148 valence electrons. The molecule has 4 rings (SSSR count). The maximum absolute atomic E-state index is 12.6. The number of para-hydroxylation sites is 1. The molecule has 1 spiro atoms. The van der Waals surface area contributed by atoms with Crippen LogP contribution < -0.4 is 19.5 Å². The third-order valence-electron chi connectivity index (χ3n) is 5.21. The Bertz CT molecular complexity index is 830. The van der Waals surface area contributed by atoms with Gasteiger partial charge in [0.2, 0.25) is 5.79 Å². The van der Waals surface area contributed by atoms with Gasteiger partial charge < -0.3 is 29.2 Å². The quantitative estimate of drug-likeness (QED) is 0.875. The minimum atomic E-state index is -0.710. The van der Waals surface area contributed by atoms with Crippen LogP contribution in [0.3, 0.4) is 0 Å². The van der Waals surface area contributed by atoms with Gasteiger partial charge >= 0.3 is 6.03 Å². The van der Waals surface area contributed by atoms with Crippen LogP contribution in [0, 0.1) is 0 Å². The van der Waals surface area contributed by atoms with Crippen molar-refractivity contribution in [2.24, 2.45) is 0 Å². The molecule has 0 aromatic heterocycles. The Labute approximate surface area is 164 Å². The van der Waals surface area contributed by atoms with Crippen molar-refractivity contribution < 1.29 is 23.7 Å². The second-order valence-corrected chi connectivity index (χ2v) is 6.90. The number of likely N-dealkylation sites (tertiary alicyclic amines) is 1. The average Bonchev–Trinajstić information content (AvgIpc) is 2.74. The van der Waals surface area contributed by atoms with E-state index in [1.54, 1.807) is 19.1 Å². The van der Waals surface area contributed by atoms with Gasteiger partial charge in [-0.15, -0.1) is 0 Å². The highest BCUT2D eigenvalue weighted by molar-refractivity contribution is 5.89. The predicted molar refractivity (Wildman–Crippen MR) is 104 cm³/mol. The van der Waals surface area contributed by atoms with Crippen LogP contribution in [0.15, 0.2) is 42.5 Å². The summed E-state index contributed by atoms with van der Waals surface area (Å²) in [6.07, 6.45) is 1.20. The van der Waals surface area contributed by atoms with Crippen LogP contribution in [-0.2, 0) is 11.3 Å². The van der Waals surface area contributed by atoms with E-state index in [0.29, 0.717) is 38.3 Å². The summed E-state index contributed by atoms with van der Waals surface area (Å²) in [4.78, 5) is 14.4. The largest absolute Gasteiger partial charge is 0.497 e. The van der Waals surface area contributed by atoms with Gasteiger partial charge in [-0.3, -0.25) is 0 Å². The Hall–Kier alpha value is -2.93. The number of anilines is 1. The molecule has 1 fully saturated rings. The lowest BCUT2D eigenvalue weighted by molar-refractivity contribution is -0.225. The first kappa shape index (κ1) is 18.4. The number of benzene rings is 2. The molecule has 7 nitrogen and oxygen atoms in total. The van der Waals surface area contributed by atoms with Crippen LogP contribution in [0.2, 0.25) is 0 Å². The van der Waals surface area contributed by atoms with Crippen LogP contribution in [0.4, 0.5) is 10.5 Å². The molecule has 1 saturated heterocycles. The lowest BCUT2D eigenvalue weighted by Gasteiger charge is -2.44. The third-order valence-corrected chi connectivity index (χ3v) is 5.21. The highest BCUT2D eigenvalue weighted by Crippen LogP contribution is 2.42. The van der Waals surface area contributed by atoms with Gasteiger partial charge in [0.15, 0.2) is 11.5 Å². The molecule has 0 unspecified atom stereocenters. The number of hydrogen-bond acceptors (Lipinski definition) is 5. The van der Waals surface area contributed by atoms with Crippen LogP contribution in [0.25, 0.3) is 0 Å². The number of carbonyl (C=O) groups is 1. The molecule has 2 aliphatic heterocycles. The van der Waals surface area contributed by atoms with Gasteiger partial charge in [-0.05, 0) is 30.3 Å². The zero-order chi connectivity index (χ0) is 19.6. The third kappa shape index (κ3) is 3.57. The number of nitrogens with zero attached hydrogens (tertiary/aromatic N) is 1. The number of carbonyl (C=O) groups excluding carboxylic acids is 1. The van der Waals surface area contributed by atoms with Gasteiger partial charge in [0.25, 0.3) is 0 Å². The van der Waals surface area contributed by atoms with Crippen molar-refractivity contribution in [1.29, 1.82) is 0 Å². The van der Waals surface area contributed by atoms with Crippen molar-refractivity contribution in [3.8, 4) is 17.2 Å². The molecule has 2 aromatic rings. The number of rotatable bonds is 3. The number of hydrogen-bond donors (Lipinski definition) is 1. The van der Waals surface area contributed by atoms with Crippen molar-refractivity contribution >= 4 is 11.7 Å². The van der Waals surface area contributed by atoms with Gasteiger partial charge in [0.05, 0.1) is 20.8 Å². The van der Waals surface area contributed by atoms with Crippen LogP contribution in [0.1, 0.15) is 18.4 Å². The molecule has 0 aliphatic carbocycles. The molecule has 1 N–H and O–H groups in total. The van der Waals surface area contributed by atoms with E-state index in [0.717, 1.165) is 22.7 Å². The fourth-order valence-corrected chi connectivity index (χ4v) is 3.55. The lowest BCUT2D eigenvalue weighted by Crippen LogP contribution is -2.53. The zero-order valence-electron chi connectivity index (χ0n) is 16.1. The standard InChI is InChI=1S/C21H24N2O5/c1-25-17-8-6-16(7-9-17)22-20(24)23-12-10-21(11-13-23)27-14-15-4-3-5-18(26-2)19(15)28-21/h3-9H,10-14H2,1-2H3,(H,22,24). The summed E-state index contributed by atoms with van der Waals surface area (Å²) in [5.41, 5.74) is 1.71. The molecular weight excluding hydrogens is 360 g/mol. The van der Waals surface area contributed by atoms with Crippen molar-refractivity contribution in [2.75, 3.05) is 32.6 Å². The van der Waals surface area contributed by atoms with Crippen molar-refractivity contribution in [3.05, 3.63) is 48.0 Å². The average molecular weight is 384 g/mol. The minimum absolute atomic E-state index is 0.131. The summed E-state index contributed by atoms with van der Waals surface area (Å²) in [6, 6.07) is 12.9. The van der Waals surface area contributed by atoms with Gasteiger partial charge in [0, 0.05) is 37.2 Å². The molecule has 0 saturated carbocycles. The van der Waals surface area contributed by atoms with E-state index in [1.807, 2.05) is 42.5 Å². The summed E-state index contributed by atoms with van der Waals surface area (Å²) in [7, 11) is 3.24. The van der Waals surface area contributed by atoms with E-state index in [-0.39, 0.29) is 6.03 Å². The normalized spacial score (nSPS) is 17.4. The van der Waals surface area contributed by atoms with Crippen LogP contribution in [0.5, 0.6) is 17.2 Å². The molecule has 0 bridgehead atoms. The maximum Gasteiger partial charge on any atom is 0.321 e. The molecule has 2 heterocycles. The number of urea groups is 1. The van der Waals surface area contributed by atoms with Crippen molar-refractivity contribution in [3.63, 3.8) is 0 Å². The zero-order valence-corrected chi connectivity index (χ0v) is 16.1. The monoisotopic (exact) mass is 384 g/mol. The fourth-order valence-electron chi connectivity index (χ4n) is 3.55. The van der Waals surface area contributed by atoms with E-state index in [4.69, 9.17) is 18.9 Å². The Morgan fingerprint density at radius 3 is 2.50 bits per heavy atom. The highest BCUT2D eigenvalue weighted by atomic mass is 16.7. The predicted octanol–water partition coefficient (Wildman–Crippen LogP) is 3.64. The Morgan fingerprint density at radius 1 is 1.07 bits per heavy atom. The number of methoxy groups -OCH3 is 2. The van der Waals surface area contributed by atoms with E-state index in [1.165, 1.54) is 0 Å². The topological polar surface area (TPSA) is 69.3 Å². The molecule has 2 aromatic carbocycles. The van der Waals surface area contributed by atoms with Crippen molar-refractivity contribution in [1.82, 2.24) is 4.90 Å². The second-order valence-electron chi connectivity index (χ2n) is 6.90. The number of amides is 2. The van der Waals surface area contributed by atoms with Gasteiger partial charge in [0.1, 0.15) is 5.75 Å². The summed E-state index contributed by atoms with van der Waals surface area (Å²) in [5.74, 6) is 1.49. The van der Waals surface area contributed by atoms with Gasteiger partial charge in [-0.25, -0.2) is 4.79 Å². The Morgan fingerprint density at radius 2 is 1.82 bits per heavy atom. The summed E-state index contributed by atoms with van der Waals surface area (Å²) in [5, 5.41) is 2.92. The molecule has 2 aliphatic rings. The van der Waals surface area contributed by atoms with E-state index < -0.39 is 5.79 Å². The first-order valence-electron chi connectivity index (χ1n) is 9.31. The number of ether oxygens (including phenoxy) is 4. The molecule has 2 amide bonds. The van der Waals surface area contributed by atoms with Crippen LogP contribution in [-0.4, -0.2) is 44.0 Å². The first-order chi connectivity index (χ1) is 13.6. The minimum Gasteiger partial charge on any atom is -0.497 e. The van der Waals surface area contributed by atoms with Gasteiger partial charge in [-0.1, -0.05) is 12.1 Å².